The molecule has 0 aromatic carbocycles. The van der Waals surface area contributed by atoms with Crippen LogP contribution in [0.2, 0.25) is 0 Å². The molecule has 3 N–H and O–H groups in total. The number of hydrogen-bond donors (Lipinski definition) is 2. The number of hydrogen-bond acceptors (Lipinski definition) is 4. The second-order valence-corrected chi connectivity index (χ2v) is 5.56. The van der Waals surface area contributed by atoms with Crippen molar-refractivity contribution in [3.63, 3.8) is 0 Å². The number of rotatable bonds is 3. The van der Waals surface area contributed by atoms with Gasteiger partial charge in [-0.1, -0.05) is 6.07 Å². The Balaban J connectivity index is 2.01. The molecule has 2 atom stereocenters. The molecule has 4 heteroatoms. The topological polar surface area (TPSA) is 64.1 Å². The number of pyridine rings is 1. The molecule has 0 fully saturated rings. The first-order valence-corrected chi connectivity index (χ1v) is 7.17. The van der Waals surface area contributed by atoms with Gasteiger partial charge in [0.05, 0.1) is 6.04 Å². The quantitative estimate of drug-likeness (QED) is 0.665. The van der Waals surface area contributed by atoms with Gasteiger partial charge in [0, 0.05) is 23.4 Å². The molecule has 0 bridgehead atoms. The number of nitrogens with two attached hydrogens (primary N) is 1. The van der Waals surface area contributed by atoms with Crippen LogP contribution in [0.5, 0.6) is 0 Å². The SMILES string of the molecule is Cc1cc(C(NN)C2CCCc3cccnc32)c(C)o1. The number of furan rings is 1. The normalized spacial score (nSPS) is 19.6. The largest absolute Gasteiger partial charge is 0.466 e. The maximum Gasteiger partial charge on any atom is 0.105 e. The standard InChI is InChI=1S/C16H21N3O/c1-10-9-14(11(2)20-10)16(19-17)13-7-3-5-12-6-4-8-18-15(12)13/h4,6,8-9,13,16,19H,3,5,7,17H2,1-2H3. The Hall–Kier alpha value is -1.65. The summed E-state index contributed by atoms with van der Waals surface area (Å²) in [5, 5.41) is 0. The lowest BCUT2D eigenvalue weighted by molar-refractivity contribution is 0.392. The molecule has 4 nitrogen and oxygen atoms in total. The summed E-state index contributed by atoms with van der Waals surface area (Å²) in [4.78, 5) is 4.61. The monoisotopic (exact) mass is 271 g/mol. The van der Waals surface area contributed by atoms with Crippen molar-refractivity contribution in [2.24, 2.45) is 5.84 Å². The van der Waals surface area contributed by atoms with E-state index in [1.807, 2.05) is 26.1 Å². The first-order chi connectivity index (χ1) is 9.70. The Labute approximate surface area is 119 Å². The van der Waals surface area contributed by atoms with Gasteiger partial charge in [-0.15, -0.1) is 0 Å². The van der Waals surface area contributed by atoms with E-state index in [0.29, 0.717) is 5.92 Å². The molecular formula is C16H21N3O. The van der Waals surface area contributed by atoms with Crippen LogP contribution in [0.25, 0.3) is 0 Å². The van der Waals surface area contributed by atoms with Crippen LogP contribution in [0, 0.1) is 13.8 Å². The first kappa shape index (κ1) is 13.3. The fourth-order valence-corrected chi connectivity index (χ4v) is 3.35. The zero-order chi connectivity index (χ0) is 14.1. The van der Waals surface area contributed by atoms with E-state index in [1.54, 1.807) is 0 Å². The van der Waals surface area contributed by atoms with Crippen molar-refractivity contribution in [2.75, 3.05) is 0 Å². The van der Waals surface area contributed by atoms with Crippen LogP contribution < -0.4 is 11.3 Å². The highest BCUT2D eigenvalue weighted by atomic mass is 16.3. The molecule has 2 aromatic heterocycles. The van der Waals surface area contributed by atoms with Crippen molar-refractivity contribution >= 4 is 0 Å². The predicted octanol–water partition coefficient (Wildman–Crippen LogP) is 2.92. The number of aromatic nitrogens is 1. The summed E-state index contributed by atoms with van der Waals surface area (Å²) in [6, 6.07) is 6.33. The summed E-state index contributed by atoms with van der Waals surface area (Å²) in [6.07, 6.45) is 5.26. The van der Waals surface area contributed by atoms with Crippen LogP contribution in [0.1, 0.15) is 53.1 Å². The van der Waals surface area contributed by atoms with Crippen LogP contribution in [0.3, 0.4) is 0 Å². The van der Waals surface area contributed by atoms with Crippen LogP contribution >= 0.6 is 0 Å². The molecule has 1 aliphatic rings. The molecule has 2 aromatic rings. The maximum atomic E-state index is 5.85. The molecular weight excluding hydrogens is 250 g/mol. The Morgan fingerprint density at radius 2 is 2.30 bits per heavy atom. The Bertz CT molecular complexity index is 606. The number of fused-ring (bicyclic) bond motifs is 1. The molecule has 2 unspecified atom stereocenters. The van der Waals surface area contributed by atoms with Crippen LogP contribution in [0.4, 0.5) is 0 Å². The van der Waals surface area contributed by atoms with Crippen molar-refractivity contribution in [1.82, 2.24) is 10.4 Å². The van der Waals surface area contributed by atoms with Crippen molar-refractivity contribution in [2.45, 2.75) is 45.1 Å². The van der Waals surface area contributed by atoms with Crippen molar-refractivity contribution in [1.29, 1.82) is 0 Å². The van der Waals surface area contributed by atoms with Gasteiger partial charge in [-0.05, 0) is 50.8 Å². The summed E-state index contributed by atoms with van der Waals surface area (Å²) in [5.74, 6) is 8.02. The summed E-state index contributed by atoms with van der Waals surface area (Å²) in [5.41, 5.74) is 6.66. The lowest BCUT2D eigenvalue weighted by atomic mass is 9.80. The van der Waals surface area contributed by atoms with E-state index >= 15 is 0 Å². The van der Waals surface area contributed by atoms with Gasteiger partial charge in [-0.25, -0.2) is 0 Å². The van der Waals surface area contributed by atoms with Crippen LogP contribution in [-0.2, 0) is 6.42 Å². The van der Waals surface area contributed by atoms with E-state index in [-0.39, 0.29) is 6.04 Å². The molecule has 106 valence electrons. The molecule has 0 amide bonds. The number of nitrogens with one attached hydrogen (secondary N) is 1. The summed E-state index contributed by atoms with van der Waals surface area (Å²) in [6.45, 7) is 3.96. The first-order valence-electron chi connectivity index (χ1n) is 7.17. The molecule has 0 saturated carbocycles. The molecule has 2 heterocycles. The van der Waals surface area contributed by atoms with Crippen LogP contribution in [-0.4, -0.2) is 4.98 Å². The zero-order valence-corrected chi connectivity index (χ0v) is 12.0. The van der Waals surface area contributed by atoms with E-state index < -0.39 is 0 Å². The molecule has 0 aliphatic heterocycles. The highest BCUT2D eigenvalue weighted by molar-refractivity contribution is 5.33. The highest BCUT2D eigenvalue weighted by Crippen LogP contribution is 2.40. The van der Waals surface area contributed by atoms with Gasteiger partial charge >= 0.3 is 0 Å². The van der Waals surface area contributed by atoms with Crippen molar-refractivity contribution in [3.8, 4) is 0 Å². The van der Waals surface area contributed by atoms with E-state index in [9.17, 15) is 0 Å². The Morgan fingerprint density at radius 1 is 1.45 bits per heavy atom. The molecule has 0 saturated heterocycles. The van der Waals surface area contributed by atoms with E-state index in [4.69, 9.17) is 10.3 Å². The number of hydrazine groups is 1. The average molecular weight is 271 g/mol. The third-order valence-corrected chi connectivity index (χ3v) is 4.23. The minimum atomic E-state index is 0.0569. The van der Waals surface area contributed by atoms with Gasteiger partial charge in [0.1, 0.15) is 11.5 Å². The average Bonchev–Trinajstić information content (AvgIpc) is 2.79. The highest BCUT2D eigenvalue weighted by Gasteiger charge is 2.31. The molecule has 0 radical (unpaired) electrons. The second-order valence-electron chi connectivity index (χ2n) is 5.56. The van der Waals surface area contributed by atoms with Crippen molar-refractivity contribution in [3.05, 3.63) is 52.7 Å². The third kappa shape index (κ3) is 2.25. The Kier molecular flexibility index (Phi) is 3.59. The smallest absolute Gasteiger partial charge is 0.105 e. The molecule has 1 aliphatic carbocycles. The van der Waals surface area contributed by atoms with E-state index in [0.717, 1.165) is 29.9 Å². The maximum absolute atomic E-state index is 5.85. The lowest BCUT2D eigenvalue weighted by Crippen LogP contribution is -2.34. The predicted molar refractivity (Wildman–Crippen MR) is 78.2 cm³/mol. The van der Waals surface area contributed by atoms with Gasteiger partial charge in [-0.2, -0.15) is 0 Å². The fourth-order valence-electron chi connectivity index (χ4n) is 3.35. The summed E-state index contributed by atoms with van der Waals surface area (Å²) in [7, 11) is 0. The third-order valence-electron chi connectivity index (χ3n) is 4.23. The fraction of sp³-hybridized carbons (Fsp3) is 0.438. The summed E-state index contributed by atoms with van der Waals surface area (Å²) >= 11 is 0. The minimum Gasteiger partial charge on any atom is -0.466 e. The zero-order valence-electron chi connectivity index (χ0n) is 12.0. The van der Waals surface area contributed by atoms with Gasteiger partial charge in [0.15, 0.2) is 0 Å². The lowest BCUT2D eigenvalue weighted by Gasteiger charge is -2.30. The van der Waals surface area contributed by atoms with Crippen molar-refractivity contribution < 1.29 is 4.42 Å². The van der Waals surface area contributed by atoms with Gasteiger partial charge < -0.3 is 4.42 Å². The molecule has 3 rings (SSSR count). The van der Waals surface area contributed by atoms with Gasteiger partial charge in [0.2, 0.25) is 0 Å². The number of aryl methyl sites for hydroxylation is 3. The molecule has 20 heavy (non-hydrogen) atoms. The minimum absolute atomic E-state index is 0.0569. The molecule has 0 spiro atoms. The van der Waals surface area contributed by atoms with E-state index in [2.05, 4.69) is 22.5 Å². The summed E-state index contributed by atoms with van der Waals surface area (Å²) < 4.78 is 5.66. The van der Waals surface area contributed by atoms with E-state index in [1.165, 1.54) is 17.7 Å². The second kappa shape index (κ2) is 5.38. The van der Waals surface area contributed by atoms with Gasteiger partial charge in [0.25, 0.3) is 0 Å². The van der Waals surface area contributed by atoms with Gasteiger partial charge in [-0.3, -0.25) is 16.3 Å². The van der Waals surface area contributed by atoms with Crippen LogP contribution in [0.15, 0.2) is 28.8 Å². The Morgan fingerprint density at radius 3 is 3.00 bits per heavy atom. The number of nitrogens with zero attached hydrogens (tertiary/aromatic N) is 1.